The maximum Gasteiger partial charge on any atom is 0.121 e. The van der Waals surface area contributed by atoms with Crippen molar-refractivity contribution in [3.8, 4) is 5.69 Å². The first-order valence-electron chi connectivity index (χ1n) is 8.95. The van der Waals surface area contributed by atoms with Crippen molar-refractivity contribution in [3.05, 3.63) is 102 Å². The zero-order valence-electron chi connectivity index (χ0n) is 15.7. The third-order valence-electron chi connectivity index (χ3n) is 4.67. The molecule has 0 aliphatic carbocycles. The molecule has 0 amide bonds. The van der Waals surface area contributed by atoms with E-state index in [9.17, 15) is 0 Å². The summed E-state index contributed by atoms with van der Waals surface area (Å²) in [5, 5.41) is 11.7. The summed E-state index contributed by atoms with van der Waals surface area (Å²) in [7, 11) is 0. The van der Waals surface area contributed by atoms with E-state index in [1.165, 1.54) is 10.9 Å². The van der Waals surface area contributed by atoms with Gasteiger partial charge in [0.25, 0.3) is 0 Å². The largest absolute Gasteiger partial charge is 0.150 e. The average Bonchev–Trinajstić information content (AvgIpc) is 3.18. The van der Waals surface area contributed by atoms with Crippen LogP contribution in [0.5, 0.6) is 0 Å². The number of aromatic nitrogens is 3. The molecule has 0 N–H and O–H groups in total. The van der Waals surface area contributed by atoms with Gasteiger partial charge in [-0.2, -0.15) is 4.80 Å². The van der Waals surface area contributed by atoms with Gasteiger partial charge in [0.15, 0.2) is 0 Å². The van der Waals surface area contributed by atoms with Crippen LogP contribution in [-0.2, 0) is 0 Å². The fraction of sp³-hybridized carbons (Fsp3) is 0. The summed E-state index contributed by atoms with van der Waals surface area (Å²) in [5.74, 6) is 0. The van der Waals surface area contributed by atoms with Gasteiger partial charge >= 0.3 is 0 Å². The Kier molecular flexibility index (Phi) is 5.40. The molecule has 5 rings (SSSR count). The molecule has 0 bridgehead atoms. The van der Waals surface area contributed by atoms with Crippen LogP contribution in [0.15, 0.2) is 91.0 Å². The van der Waals surface area contributed by atoms with Gasteiger partial charge < -0.3 is 0 Å². The summed E-state index contributed by atoms with van der Waals surface area (Å²) in [6.07, 6.45) is 4.22. The van der Waals surface area contributed by atoms with E-state index >= 15 is 0 Å². The molecule has 0 unspecified atom stereocenters. The molecule has 5 aromatic rings. The molecule has 0 aliphatic heterocycles. The van der Waals surface area contributed by atoms with E-state index in [0.29, 0.717) is 0 Å². The summed E-state index contributed by atoms with van der Waals surface area (Å²) < 4.78 is 0. The Bertz CT molecular complexity index is 1260. The zero-order chi connectivity index (χ0) is 18.1. The molecule has 0 spiro atoms. The van der Waals surface area contributed by atoms with Gasteiger partial charge in [0.1, 0.15) is 11.0 Å². The van der Waals surface area contributed by atoms with Gasteiger partial charge in [-0.1, -0.05) is 84.9 Å². The van der Waals surface area contributed by atoms with Gasteiger partial charge in [0.2, 0.25) is 0 Å². The van der Waals surface area contributed by atoms with Gasteiger partial charge in [-0.25, -0.2) is 0 Å². The fourth-order valence-electron chi connectivity index (χ4n) is 3.24. The zero-order valence-corrected chi connectivity index (χ0v) is 17.7. The molecule has 28 heavy (non-hydrogen) atoms. The maximum atomic E-state index is 4.72. The van der Waals surface area contributed by atoms with E-state index in [2.05, 4.69) is 59.7 Å². The number of rotatable bonds is 3. The molecule has 1 aromatic heterocycles. The topological polar surface area (TPSA) is 30.7 Å². The number of benzene rings is 4. The van der Waals surface area contributed by atoms with Crippen molar-refractivity contribution in [3.63, 3.8) is 0 Å². The molecule has 0 atom stereocenters. The summed E-state index contributed by atoms with van der Waals surface area (Å²) in [6, 6.07) is 30.9. The van der Waals surface area contributed by atoms with Crippen LogP contribution < -0.4 is 0 Å². The monoisotopic (exact) mass is 370 g/mol. The van der Waals surface area contributed by atoms with Crippen LogP contribution >= 0.6 is 0 Å². The Balaban J connectivity index is 0.00000192. The van der Waals surface area contributed by atoms with Crippen molar-refractivity contribution in [1.29, 1.82) is 0 Å². The average molecular weight is 370 g/mol. The first kappa shape index (κ1) is 18.6. The number of fused-ring (bicyclic) bond motifs is 3. The van der Waals surface area contributed by atoms with Crippen LogP contribution in [-0.4, -0.2) is 44.6 Å². The van der Waals surface area contributed by atoms with Gasteiger partial charge in [0.05, 0.1) is 5.69 Å². The van der Waals surface area contributed by atoms with Crippen LogP contribution in [0.4, 0.5) is 0 Å². The Hall–Kier alpha value is -2.72. The van der Waals surface area contributed by atoms with Crippen LogP contribution in [0.25, 0.3) is 39.6 Å². The molecular weight excluding hydrogens is 353 g/mol. The second-order valence-corrected chi connectivity index (χ2v) is 6.48. The van der Waals surface area contributed by atoms with E-state index in [1.807, 2.05) is 48.5 Å². The van der Waals surface area contributed by atoms with E-state index in [0.717, 1.165) is 27.7 Å². The SMILES string of the molecule is C(=C\c1ccc(-n2nc3ccc4ccccc4c3n2)cc1)/c1ccccc1.[Na]. The molecule has 1 heterocycles. The normalized spacial score (nSPS) is 11.1. The molecule has 4 heteroatoms. The number of hydrogen-bond acceptors (Lipinski definition) is 2. The molecule has 1 radical (unpaired) electrons. The van der Waals surface area contributed by atoms with Crippen LogP contribution in [0, 0.1) is 0 Å². The van der Waals surface area contributed by atoms with Crippen LogP contribution in [0.1, 0.15) is 11.1 Å². The molecule has 4 aromatic carbocycles. The van der Waals surface area contributed by atoms with E-state index in [-0.39, 0.29) is 29.6 Å². The smallest absolute Gasteiger partial charge is 0.121 e. The first-order chi connectivity index (χ1) is 13.4. The van der Waals surface area contributed by atoms with Crippen molar-refractivity contribution < 1.29 is 0 Å². The first-order valence-corrected chi connectivity index (χ1v) is 8.95. The third-order valence-corrected chi connectivity index (χ3v) is 4.67. The molecule has 0 saturated heterocycles. The number of nitrogens with zero attached hydrogens (tertiary/aromatic N) is 3. The standard InChI is InChI=1S/C24H17N3.Na/c1-2-6-18(7-3-1)10-11-19-12-15-21(16-13-19)27-25-23-17-14-20-8-4-5-9-22(20)24(23)26-27;/h1-17H;/b11-10+;. The van der Waals surface area contributed by atoms with Crippen molar-refractivity contribution in [2.24, 2.45) is 0 Å². The van der Waals surface area contributed by atoms with E-state index < -0.39 is 0 Å². The van der Waals surface area contributed by atoms with Crippen LogP contribution in [0.2, 0.25) is 0 Å². The van der Waals surface area contributed by atoms with Gasteiger partial charge in [0, 0.05) is 34.9 Å². The fourth-order valence-corrected chi connectivity index (χ4v) is 3.24. The maximum absolute atomic E-state index is 4.72. The predicted molar refractivity (Wildman–Crippen MR) is 117 cm³/mol. The van der Waals surface area contributed by atoms with Crippen molar-refractivity contribution in [2.45, 2.75) is 0 Å². The molecule has 0 aliphatic rings. The van der Waals surface area contributed by atoms with Gasteiger partial charge in [-0.3, -0.25) is 0 Å². The quantitative estimate of drug-likeness (QED) is 0.316. The van der Waals surface area contributed by atoms with Crippen molar-refractivity contribution in [1.82, 2.24) is 15.0 Å². The minimum atomic E-state index is 0. The molecular formula is C24H17N3Na. The van der Waals surface area contributed by atoms with E-state index in [1.54, 1.807) is 4.80 Å². The summed E-state index contributed by atoms with van der Waals surface area (Å²) in [4.78, 5) is 1.71. The molecule has 129 valence electrons. The summed E-state index contributed by atoms with van der Waals surface area (Å²) >= 11 is 0. The molecule has 3 nitrogen and oxygen atoms in total. The Morgan fingerprint density at radius 2 is 1.29 bits per heavy atom. The van der Waals surface area contributed by atoms with Crippen molar-refractivity contribution >= 4 is 63.5 Å². The predicted octanol–water partition coefficient (Wildman–Crippen LogP) is 5.36. The molecule has 0 fully saturated rings. The Morgan fingerprint density at radius 1 is 0.607 bits per heavy atom. The van der Waals surface area contributed by atoms with E-state index in [4.69, 9.17) is 5.10 Å². The van der Waals surface area contributed by atoms with Crippen molar-refractivity contribution in [2.75, 3.05) is 0 Å². The second-order valence-electron chi connectivity index (χ2n) is 6.48. The van der Waals surface area contributed by atoms with Gasteiger partial charge in [-0.15, -0.1) is 10.2 Å². The third kappa shape index (κ3) is 3.65. The van der Waals surface area contributed by atoms with Gasteiger partial charge in [-0.05, 0) is 34.7 Å². The second kappa shape index (κ2) is 8.11. The summed E-state index contributed by atoms with van der Waals surface area (Å²) in [6.45, 7) is 0. The minimum absolute atomic E-state index is 0. The molecule has 0 saturated carbocycles. The number of hydrogen-bond donors (Lipinski definition) is 0. The Labute approximate surface area is 185 Å². The Morgan fingerprint density at radius 3 is 2.07 bits per heavy atom. The van der Waals surface area contributed by atoms with Crippen LogP contribution in [0.3, 0.4) is 0 Å². The summed E-state index contributed by atoms with van der Waals surface area (Å²) in [5.41, 5.74) is 5.12. The minimum Gasteiger partial charge on any atom is -0.150 e.